The smallest absolute Gasteiger partial charge is 0.221 e. The lowest BCUT2D eigenvalue weighted by Crippen LogP contribution is -2.05. The van der Waals surface area contributed by atoms with E-state index in [0.29, 0.717) is 5.69 Å². The number of benzene rings is 1. The van der Waals surface area contributed by atoms with Gasteiger partial charge in [-0.15, -0.1) is 0 Å². The second kappa shape index (κ2) is 7.06. The zero-order valence-corrected chi connectivity index (χ0v) is 8.80. The summed E-state index contributed by atoms with van der Waals surface area (Å²) < 4.78 is 12.3. The van der Waals surface area contributed by atoms with Crippen molar-refractivity contribution < 1.29 is 9.18 Å². The molecule has 1 aromatic carbocycles. The Bertz CT molecular complexity index is 269. The lowest BCUT2D eigenvalue weighted by Gasteiger charge is -1.99. The molecule has 0 aliphatic heterocycles. The van der Waals surface area contributed by atoms with E-state index in [-0.39, 0.29) is 11.7 Å². The Hall–Kier alpha value is -1.38. The molecule has 0 atom stereocenters. The molecule has 3 heteroatoms. The topological polar surface area (TPSA) is 29.1 Å². The van der Waals surface area contributed by atoms with Crippen LogP contribution in [0.3, 0.4) is 0 Å². The average molecular weight is 197 g/mol. The van der Waals surface area contributed by atoms with E-state index in [2.05, 4.69) is 19.2 Å². The highest BCUT2D eigenvalue weighted by Gasteiger charge is 1.93. The highest BCUT2D eigenvalue weighted by Crippen LogP contribution is 2.07. The fourth-order valence-corrected chi connectivity index (χ4v) is 0.736. The quantitative estimate of drug-likeness (QED) is 0.736. The van der Waals surface area contributed by atoms with Gasteiger partial charge in [-0.2, -0.15) is 0 Å². The van der Waals surface area contributed by atoms with E-state index in [0.717, 1.165) is 0 Å². The predicted octanol–water partition coefficient (Wildman–Crippen LogP) is 3.20. The van der Waals surface area contributed by atoms with Crippen LogP contribution in [0.2, 0.25) is 0 Å². The van der Waals surface area contributed by atoms with Crippen molar-refractivity contribution in [3.8, 4) is 0 Å². The molecule has 14 heavy (non-hydrogen) atoms. The van der Waals surface area contributed by atoms with E-state index < -0.39 is 0 Å². The zero-order chi connectivity index (χ0) is 11.0. The van der Waals surface area contributed by atoms with Gasteiger partial charge >= 0.3 is 0 Å². The SMILES string of the molecule is CC(=O)Nc1ccc(F)cc1.CCC. The lowest BCUT2D eigenvalue weighted by molar-refractivity contribution is -0.114. The lowest BCUT2D eigenvalue weighted by atomic mass is 10.3. The Morgan fingerprint density at radius 1 is 1.29 bits per heavy atom. The molecule has 0 saturated carbocycles. The van der Waals surface area contributed by atoms with Crippen LogP contribution in [0.25, 0.3) is 0 Å². The second-order valence-electron chi connectivity index (χ2n) is 2.90. The summed E-state index contributed by atoms with van der Waals surface area (Å²) >= 11 is 0. The summed E-state index contributed by atoms with van der Waals surface area (Å²) in [6.07, 6.45) is 1.25. The zero-order valence-electron chi connectivity index (χ0n) is 8.80. The van der Waals surface area contributed by atoms with Gasteiger partial charge < -0.3 is 5.32 Å². The van der Waals surface area contributed by atoms with Crippen LogP contribution in [0.1, 0.15) is 27.2 Å². The summed E-state index contributed by atoms with van der Waals surface area (Å²) in [6, 6.07) is 5.62. The second-order valence-corrected chi connectivity index (χ2v) is 2.90. The van der Waals surface area contributed by atoms with Crippen molar-refractivity contribution in [3.63, 3.8) is 0 Å². The standard InChI is InChI=1S/C8H8FNO.C3H8/c1-6(11)10-8-4-2-7(9)3-5-8;1-3-2/h2-5H,1H3,(H,10,11);3H2,1-2H3. The summed E-state index contributed by atoms with van der Waals surface area (Å²) in [7, 11) is 0. The molecule has 0 radical (unpaired) electrons. The van der Waals surface area contributed by atoms with Crippen LogP contribution < -0.4 is 5.32 Å². The van der Waals surface area contributed by atoms with Crippen molar-refractivity contribution in [1.82, 2.24) is 0 Å². The predicted molar refractivity (Wildman–Crippen MR) is 56.7 cm³/mol. The van der Waals surface area contributed by atoms with E-state index in [1.165, 1.54) is 37.6 Å². The first-order valence-electron chi connectivity index (χ1n) is 4.63. The molecule has 0 bridgehead atoms. The first kappa shape index (κ1) is 12.6. The number of carbonyl (C=O) groups is 1. The average Bonchev–Trinajstić information content (AvgIpc) is 2.09. The number of anilines is 1. The molecule has 0 unspecified atom stereocenters. The van der Waals surface area contributed by atoms with Crippen LogP contribution in [-0.4, -0.2) is 5.91 Å². The first-order chi connectivity index (χ1) is 6.60. The summed E-state index contributed by atoms with van der Waals surface area (Å²) in [5, 5.41) is 2.53. The Labute approximate surface area is 84.1 Å². The van der Waals surface area contributed by atoms with Gasteiger partial charge in [-0.05, 0) is 24.3 Å². The van der Waals surface area contributed by atoms with Crippen LogP contribution in [0, 0.1) is 5.82 Å². The summed E-state index contributed by atoms with van der Waals surface area (Å²) in [6.45, 7) is 5.66. The first-order valence-corrected chi connectivity index (χ1v) is 4.63. The summed E-state index contributed by atoms with van der Waals surface area (Å²) in [5.74, 6) is -0.462. The molecular formula is C11H16FNO. The maximum absolute atomic E-state index is 12.3. The Kier molecular flexibility index (Phi) is 6.37. The van der Waals surface area contributed by atoms with E-state index in [4.69, 9.17) is 0 Å². The van der Waals surface area contributed by atoms with Crippen molar-refractivity contribution in [2.75, 3.05) is 5.32 Å². The van der Waals surface area contributed by atoms with Crippen molar-refractivity contribution in [2.45, 2.75) is 27.2 Å². The fraction of sp³-hybridized carbons (Fsp3) is 0.364. The van der Waals surface area contributed by atoms with Gasteiger partial charge in [0.25, 0.3) is 0 Å². The largest absolute Gasteiger partial charge is 0.326 e. The van der Waals surface area contributed by atoms with Gasteiger partial charge in [0.15, 0.2) is 0 Å². The molecule has 1 aromatic rings. The van der Waals surface area contributed by atoms with E-state index >= 15 is 0 Å². The van der Waals surface area contributed by atoms with Crippen molar-refractivity contribution in [3.05, 3.63) is 30.1 Å². The molecule has 0 aliphatic rings. The molecule has 0 spiro atoms. The van der Waals surface area contributed by atoms with E-state index in [1.54, 1.807) is 0 Å². The maximum Gasteiger partial charge on any atom is 0.221 e. The molecule has 0 aromatic heterocycles. The van der Waals surface area contributed by atoms with Crippen LogP contribution in [0.5, 0.6) is 0 Å². The van der Waals surface area contributed by atoms with Gasteiger partial charge in [0.2, 0.25) is 5.91 Å². The molecule has 1 N–H and O–H groups in total. The number of amides is 1. The molecule has 0 heterocycles. The third kappa shape index (κ3) is 6.17. The van der Waals surface area contributed by atoms with Crippen LogP contribution in [0.15, 0.2) is 24.3 Å². The number of hydrogen-bond donors (Lipinski definition) is 1. The Morgan fingerprint density at radius 2 is 1.71 bits per heavy atom. The highest BCUT2D eigenvalue weighted by atomic mass is 19.1. The third-order valence-electron chi connectivity index (χ3n) is 1.16. The minimum absolute atomic E-state index is 0.156. The van der Waals surface area contributed by atoms with E-state index in [9.17, 15) is 9.18 Å². The fourth-order valence-electron chi connectivity index (χ4n) is 0.736. The summed E-state index contributed by atoms with van der Waals surface area (Å²) in [4.78, 5) is 10.5. The third-order valence-corrected chi connectivity index (χ3v) is 1.16. The summed E-state index contributed by atoms with van der Waals surface area (Å²) in [5.41, 5.74) is 0.610. The number of halogens is 1. The van der Waals surface area contributed by atoms with Gasteiger partial charge in [0.1, 0.15) is 5.82 Å². The molecule has 0 aliphatic carbocycles. The normalized spacial score (nSPS) is 8.57. The van der Waals surface area contributed by atoms with Gasteiger partial charge in [0, 0.05) is 12.6 Å². The van der Waals surface area contributed by atoms with Gasteiger partial charge in [-0.3, -0.25) is 4.79 Å². The molecule has 78 valence electrons. The molecule has 1 rings (SSSR count). The van der Waals surface area contributed by atoms with Crippen LogP contribution in [-0.2, 0) is 4.79 Å². The van der Waals surface area contributed by atoms with Crippen LogP contribution >= 0.6 is 0 Å². The van der Waals surface area contributed by atoms with Crippen molar-refractivity contribution in [2.24, 2.45) is 0 Å². The number of nitrogens with one attached hydrogen (secondary N) is 1. The van der Waals surface area contributed by atoms with Gasteiger partial charge in [-0.25, -0.2) is 4.39 Å². The molecule has 2 nitrogen and oxygen atoms in total. The number of carbonyl (C=O) groups excluding carboxylic acids is 1. The Morgan fingerprint density at radius 3 is 2.07 bits per heavy atom. The van der Waals surface area contributed by atoms with Crippen molar-refractivity contribution in [1.29, 1.82) is 0 Å². The number of rotatable bonds is 1. The van der Waals surface area contributed by atoms with Gasteiger partial charge in [0.05, 0.1) is 0 Å². The monoisotopic (exact) mass is 197 g/mol. The number of hydrogen-bond acceptors (Lipinski definition) is 1. The molecule has 1 amide bonds. The van der Waals surface area contributed by atoms with Gasteiger partial charge in [-0.1, -0.05) is 20.3 Å². The molecule has 0 fully saturated rings. The van der Waals surface area contributed by atoms with E-state index in [1.807, 2.05) is 0 Å². The maximum atomic E-state index is 12.3. The Balaban J connectivity index is 0.000000500. The molecular weight excluding hydrogens is 181 g/mol. The minimum Gasteiger partial charge on any atom is -0.326 e. The highest BCUT2D eigenvalue weighted by molar-refractivity contribution is 5.88. The van der Waals surface area contributed by atoms with Crippen molar-refractivity contribution >= 4 is 11.6 Å². The molecule has 0 saturated heterocycles. The minimum atomic E-state index is -0.306. The van der Waals surface area contributed by atoms with Crippen LogP contribution in [0.4, 0.5) is 10.1 Å².